The number of halogens is 2. The first-order valence-corrected chi connectivity index (χ1v) is 12.2. The molecule has 3 aromatic rings. The number of nitrogens with zero attached hydrogens (tertiary/aromatic N) is 3. The van der Waals surface area contributed by atoms with Gasteiger partial charge in [0.2, 0.25) is 5.91 Å². The van der Waals surface area contributed by atoms with E-state index in [9.17, 15) is 9.59 Å². The fraction of sp³-hybridized carbons (Fsp3) is 0.346. The lowest BCUT2D eigenvalue weighted by Gasteiger charge is -2.29. The zero-order valence-corrected chi connectivity index (χ0v) is 20.9. The van der Waals surface area contributed by atoms with Gasteiger partial charge in [-0.05, 0) is 59.7 Å². The lowest BCUT2D eigenvalue weighted by atomic mass is 9.96. The van der Waals surface area contributed by atoms with Crippen molar-refractivity contribution in [2.45, 2.75) is 46.2 Å². The Bertz CT molecular complexity index is 1210. The monoisotopic (exact) mass is 498 g/mol. The van der Waals surface area contributed by atoms with Crippen LogP contribution in [0, 0.1) is 5.92 Å². The topological polar surface area (TPSA) is 67.2 Å². The van der Waals surface area contributed by atoms with Crippen LogP contribution >= 0.6 is 23.2 Å². The van der Waals surface area contributed by atoms with E-state index in [0.29, 0.717) is 53.3 Å². The van der Waals surface area contributed by atoms with E-state index in [1.54, 1.807) is 29.2 Å². The third-order valence-corrected chi connectivity index (χ3v) is 6.73. The number of anilines is 1. The number of benzene rings is 2. The van der Waals surface area contributed by atoms with Crippen molar-refractivity contribution in [3.05, 3.63) is 81.1 Å². The smallest absolute Gasteiger partial charge is 0.255 e. The predicted octanol–water partition coefficient (Wildman–Crippen LogP) is 5.81. The Kier molecular flexibility index (Phi) is 7.59. The summed E-state index contributed by atoms with van der Waals surface area (Å²) in [6, 6.07) is 11.1. The Morgan fingerprint density at radius 3 is 2.68 bits per heavy atom. The van der Waals surface area contributed by atoms with Crippen LogP contribution in [0.2, 0.25) is 10.0 Å². The van der Waals surface area contributed by atoms with E-state index >= 15 is 0 Å². The molecule has 2 heterocycles. The lowest BCUT2D eigenvalue weighted by Crippen LogP contribution is -2.36. The molecular formula is C26H28Cl2N4O2. The fourth-order valence-electron chi connectivity index (χ4n) is 4.02. The number of amides is 2. The minimum Gasteiger partial charge on any atom is -0.338 e. The van der Waals surface area contributed by atoms with Crippen LogP contribution in [0.4, 0.5) is 5.69 Å². The SMILES string of the molecule is CC(C)CCC(=O)N1CCc2cc(C(=O)Nc3cnn(Cc4ccc(Cl)c(Cl)c4)c3)ccc2C1. The minimum atomic E-state index is -0.188. The van der Waals surface area contributed by atoms with E-state index in [4.69, 9.17) is 23.2 Å². The van der Waals surface area contributed by atoms with Gasteiger partial charge in [0.15, 0.2) is 0 Å². The maximum atomic E-state index is 12.8. The molecule has 0 spiro atoms. The molecular weight excluding hydrogens is 471 g/mol. The van der Waals surface area contributed by atoms with Gasteiger partial charge < -0.3 is 10.2 Å². The molecule has 0 bridgehead atoms. The van der Waals surface area contributed by atoms with Crippen LogP contribution in [0.3, 0.4) is 0 Å². The lowest BCUT2D eigenvalue weighted by molar-refractivity contribution is -0.132. The van der Waals surface area contributed by atoms with E-state index in [0.717, 1.165) is 29.5 Å². The standard InChI is InChI=1S/C26H28Cl2N4O2/c1-17(2)3-8-25(33)31-10-9-19-12-20(5-6-21(19)15-31)26(34)30-22-13-29-32(16-22)14-18-4-7-23(27)24(28)11-18/h4-7,11-13,16-17H,3,8-10,14-15H2,1-2H3,(H,30,34). The molecule has 0 atom stereocenters. The number of nitrogens with one attached hydrogen (secondary N) is 1. The summed E-state index contributed by atoms with van der Waals surface area (Å²) in [5.74, 6) is 0.538. The average molecular weight is 499 g/mol. The van der Waals surface area contributed by atoms with Gasteiger partial charge in [0.05, 0.1) is 28.5 Å². The van der Waals surface area contributed by atoms with Crippen molar-refractivity contribution in [3.63, 3.8) is 0 Å². The van der Waals surface area contributed by atoms with Crippen molar-refractivity contribution in [2.75, 3.05) is 11.9 Å². The summed E-state index contributed by atoms with van der Waals surface area (Å²) >= 11 is 12.1. The second-order valence-electron chi connectivity index (χ2n) is 9.11. The van der Waals surface area contributed by atoms with E-state index in [2.05, 4.69) is 24.3 Å². The Morgan fingerprint density at radius 2 is 1.91 bits per heavy atom. The number of rotatable bonds is 7. The van der Waals surface area contributed by atoms with Crippen molar-refractivity contribution in [3.8, 4) is 0 Å². The highest BCUT2D eigenvalue weighted by atomic mass is 35.5. The molecule has 1 aromatic heterocycles. The highest BCUT2D eigenvalue weighted by Gasteiger charge is 2.22. The summed E-state index contributed by atoms with van der Waals surface area (Å²) in [6.07, 6.45) is 5.65. The zero-order chi connectivity index (χ0) is 24.2. The summed E-state index contributed by atoms with van der Waals surface area (Å²) in [6.45, 7) is 6.07. The molecule has 2 amide bonds. The summed E-state index contributed by atoms with van der Waals surface area (Å²) in [7, 11) is 0. The van der Waals surface area contributed by atoms with Gasteiger partial charge in [0, 0.05) is 31.3 Å². The first-order chi connectivity index (χ1) is 16.3. The molecule has 34 heavy (non-hydrogen) atoms. The normalized spacial score (nSPS) is 13.1. The Hall–Kier alpha value is -2.83. The highest BCUT2D eigenvalue weighted by Crippen LogP contribution is 2.24. The first kappa shape index (κ1) is 24.3. The molecule has 8 heteroatoms. The van der Waals surface area contributed by atoms with Crippen molar-refractivity contribution in [2.24, 2.45) is 5.92 Å². The molecule has 1 N–H and O–H groups in total. The maximum absolute atomic E-state index is 12.8. The van der Waals surface area contributed by atoms with Crippen molar-refractivity contribution >= 4 is 40.7 Å². The number of carbonyl (C=O) groups excluding carboxylic acids is 2. The van der Waals surface area contributed by atoms with Gasteiger partial charge in [-0.15, -0.1) is 0 Å². The quantitative estimate of drug-likeness (QED) is 0.446. The van der Waals surface area contributed by atoms with Crippen LogP contribution in [0.5, 0.6) is 0 Å². The van der Waals surface area contributed by atoms with Crippen LogP contribution in [0.25, 0.3) is 0 Å². The Balaban J connectivity index is 1.36. The number of carbonyl (C=O) groups is 2. The summed E-state index contributed by atoms with van der Waals surface area (Å²) < 4.78 is 1.73. The van der Waals surface area contributed by atoms with Gasteiger partial charge in [-0.25, -0.2) is 0 Å². The largest absolute Gasteiger partial charge is 0.338 e. The van der Waals surface area contributed by atoms with E-state index < -0.39 is 0 Å². The average Bonchev–Trinajstić information content (AvgIpc) is 3.25. The molecule has 0 fully saturated rings. The third-order valence-electron chi connectivity index (χ3n) is 5.99. The van der Waals surface area contributed by atoms with Crippen LogP contribution in [-0.2, 0) is 24.3 Å². The molecule has 0 saturated heterocycles. The maximum Gasteiger partial charge on any atom is 0.255 e. The van der Waals surface area contributed by atoms with Crippen molar-refractivity contribution < 1.29 is 9.59 Å². The van der Waals surface area contributed by atoms with Gasteiger partial charge in [0.25, 0.3) is 5.91 Å². The Labute approximate surface area is 209 Å². The van der Waals surface area contributed by atoms with E-state index in [1.807, 2.05) is 29.2 Å². The van der Waals surface area contributed by atoms with Gasteiger partial charge in [0.1, 0.15) is 0 Å². The second-order valence-corrected chi connectivity index (χ2v) is 9.92. The molecule has 6 nitrogen and oxygen atoms in total. The number of hydrogen-bond acceptors (Lipinski definition) is 3. The molecule has 2 aromatic carbocycles. The third kappa shape index (κ3) is 5.99. The molecule has 0 saturated carbocycles. The summed E-state index contributed by atoms with van der Waals surface area (Å²) in [4.78, 5) is 27.2. The number of hydrogen-bond donors (Lipinski definition) is 1. The van der Waals surface area contributed by atoms with Crippen LogP contribution in [-0.4, -0.2) is 33.0 Å². The van der Waals surface area contributed by atoms with Crippen LogP contribution < -0.4 is 5.32 Å². The molecule has 1 aliphatic rings. The molecule has 1 aliphatic heterocycles. The van der Waals surface area contributed by atoms with Gasteiger partial charge in [-0.1, -0.05) is 49.2 Å². The van der Waals surface area contributed by atoms with E-state index in [1.165, 1.54) is 0 Å². The number of fused-ring (bicyclic) bond motifs is 1. The summed E-state index contributed by atoms with van der Waals surface area (Å²) in [5.41, 5.74) is 4.40. The minimum absolute atomic E-state index is 0.188. The van der Waals surface area contributed by atoms with Gasteiger partial charge >= 0.3 is 0 Å². The Morgan fingerprint density at radius 1 is 1.09 bits per heavy atom. The van der Waals surface area contributed by atoms with Crippen LogP contribution in [0.15, 0.2) is 48.8 Å². The summed E-state index contributed by atoms with van der Waals surface area (Å²) in [5, 5.41) is 8.24. The van der Waals surface area contributed by atoms with Gasteiger partial charge in [-0.3, -0.25) is 14.3 Å². The van der Waals surface area contributed by atoms with Crippen LogP contribution in [0.1, 0.15) is 53.7 Å². The molecule has 4 rings (SSSR count). The van der Waals surface area contributed by atoms with Gasteiger partial charge in [-0.2, -0.15) is 5.10 Å². The fourth-order valence-corrected chi connectivity index (χ4v) is 4.34. The molecule has 178 valence electrons. The first-order valence-electron chi connectivity index (χ1n) is 11.5. The number of aromatic nitrogens is 2. The van der Waals surface area contributed by atoms with E-state index in [-0.39, 0.29) is 11.8 Å². The zero-order valence-electron chi connectivity index (χ0n) is 19.4. The molecule has 0 unspecified atom stereocenters. The second kappa shape index (κ2) is 10.6. The van der Waals surface area contributed by atoms with Crippen molar-refractivity contribution in [1.29, 1.82) is 0 Å². The molecule has 0 aliphatic carbocycles. The van der Waals surface area contributed by atoms with Crippen molar-refractivity contribution in [1.82, 2.24) is 14.7 Å². The highest BCUT2D eigenvalue weighted by molar-refractivity contribution is 6.42. The molecule has 0 radical (unpaired) electrons. The predicted molar refractivity (Wildman–Crippen MR) is 135 cm³/mol.